The molecule has 1 aromatic heterocycles. The van der Waals surface area contributed by atoms with Crippen molar-refractivity contribution >= 4 is 6.03 Å². The van der Waals surface area contributed by atoms with Crippen LogP contribution in [0.25, 0.3) is 0 Å². The summed E-state index contributed by atoms with van der Waals surface area (Å²) in [5.74, 6) is 0.538. The third-order valence-electron chi connectivity index (χ3n) is 4.75. The number of ether oxygens (including phenoxy) is 1. The van der Waals surface area contributed by atoms with E-state index in [0.717, 1.165) is 24.5 Å². The van der Waals surface area contributed by atoms with Crippen LogP contribution in [-0.2, 0) is 12.7 Å². The number of urea groups is 1. The molecule has 1 heterocycles. The van der Waals surface area contributed by atoms with Gasteiger partial charge in [0.15, 0.2) is 0 Å². The number of carbonyl (C=O) groups is 1. The van der Waals surface area contributed by atoms with Crippen LogP contribution in [0.2, 0.25) is 0 Å². The summed E-state index contributed by atoms with van der Waals surface area (Å²) in [4.78, 5) is 18.3. The van der Waals surface area contributed by atoms with E-state index in [-0.39, 0.29) is 24.2 Å². The molecule has 1 unspecified atom stereocenters. The lowest BCUT2D eigenvalue weighted by molar-refractivity contribution is -0.138. The van der Waals surface area contributed by atoms with Gasteiger partial charge in [-0.15, -0.1) is 0 Å². The summed E-state index contributed by atoms with van der Waals surface area (Å²) < 4.78 is 45.1. The molecule has 1 saturated carbocycles. The molecule has 1 aliphatic rings. The molecule has 5 nitrogen and oxygen atoms in total. The minimum Gasteiger partial charge on any atom is -0.495 e. The summed E-state index contributed by atoms with van der Waals surface area (Å²) >= 11 is 0. The summed E-state index contributed by atoms with van der Waals surface area (Å²) in [6.45, 7) is 1.71. The molecule has 0 spiro atoms. The molecule has 2 aromatic rings. The van der Waals surface area contributed by atoms with Gasteiger partial charge in [-0.2, -0.15) is 13.2 Å². The Morgan fingerprint density at radius 3 is 2.68 bits per heavy atom. The predicted molar refractivity (Wildman–Crippen MR) is 97.7 cm³/mol. The molecule has 1 aliphatic carbocycles. The van der Waals surface area contributed by atoms with Crippen molar-refractivity contribution in [1.82, 2.24) is 15.2 Å². The summed E-state index contributed by atoms with van der Waals surface area (Å²) in [5, 5.41) is 2.87. The van der Waals surface area contributed by atoms with E-state index in [0.29, 0.717) is 5.75 Å². The monoisotopic (exact) mass is 393 g/mol. The Labute approximate surface area is 161 Å². The lowest BCUT2D eigenvalue weighted by Gasteiger charge is -2.27. The fraction of sp³-hybridized carbons (Fsp3) is 0.400. The van der Waals surface area contributed by atoms with Gasteiger partial charge in [0.1, 0.15) is 5.75 Å². The number of carbonyl (C=O) groups excluding carboxylic acids is 1. The highest BCUT2D eigenvalue weighted by atomic mass is 19.4. The van der Waals surface area contributed by atoms with Crippen LogP contribution in [0, 0.1) is 0 Å². The Balaban J connectivity index is 1.77. The van der Waals surface area contributed by atoms with Crippen LogP contribution < -0.4 is 10.1 Å². The van der Waals surface area contributed by atoms with Crippen LogP contribution in [0.1, 0.15) is 42.5 Å². The maximum atomic E-state index is 13.3. The SMILES string of the molecule is COc1cnccc1C(C)NC(=O)N(Cc1ccccc1C(F)(F)F)C1CC1. The number of halogens is 3. The fourth-order valence-corrected chi connectivity index (χ4v) is 3.14. The predicted octanol–water partition coefficient (Wildman–Crippen LogP) is 4.54. The molecule has 0 saturated heterocycles. The molecule has 1 fully saturated rings. The summed E-state index contributed by atoms with van der Waals surface area (Å²) in [5.41, 5.74) is 0.126. The first-order valence-corrected chi connectivity index (χ1v) is 9.01. The second-order valence-electron chi connectivity index (χ2n) is 6.80. The number of benzene rings is 1. The van der Waals surface area contributed by atoms with Crippen molar-refractivity contribution in [2.45, 2.75) is 44.6 Å². The number of rotatable bonds is 6. The summed E-state index contributed by atoms with van der Waals surface area (Å²) in [6.07, 6.45) is 0.262. The number of pyridine rings is 1. The van der Waals surface area contributed by atoms with Gasteiger partial charge in [-0.1, -0.05) is 18.2 Å². The number of hydrogen-bond donors (Lipinski definition) is 1. The lowest BCUT2D eigenvalue weighted by Crippen LogP contribution is -2.42. The quantitative estimate of drug-likeness (QED) is 0.784. The van der Waals surface area contributed by atoms with Crippen molar-refractivity contribution in [2.24, 2.45) is 0 Å². The first-order valence-electron chi connectivity index (χ1n) is 9.01. The fourth-order valence-electron chi connectivity index (χ4n) is 3.14. The van der Waals surface area contributed by atoms with Crippen molar-refractivity contribution in [1.29, 1.82) is 0 Å². The van der Waals surface area contributed by atoms with E-state index in [1.165, 1.54) is 24.1 Å². The van der Waals surface area contributed by atoms with Crippen LogP contribution in [0.5, 0.6) is 5.75 Å². The first-order chi connectivity index (χ1) is 13.3. The minimum atomic E-state index is -4.46. The maximum Gasteiger partial charge on any atom is 0.416 e. The number of alkyl halides is 3. The topological polar surface area (TPSA) is 54.5 Å². The molecule has 0 radical (unpaired) electrons. The standard InChI is InChI=1S/C20H22F3N3O2/c1-13(16-9-10-24-11-18(16)28-2)25-19(27)26(15-7-8-15)12-14-5-3-4-6-17(14)20(21,22)23/h3-6,9-11,13,15H,7-8,12H2,1-2H3,(H,25,27). The van der Waals surface area contributed by atoms with Crippen LogP contribution in [0.4, 0.5) is 18.0 Å². The van der Waals surface area contributed by atoms with Gasteiger partial charge in [0.2, 0.25) is 0 Å². The van der Waals surface area contributed by atoms with Crippen molar-refractivity contribution in [2.75, 3.05) is 7.11 Å². The molecule has 150 valence electrons. The van der Waals surface area contributed by atoms with E-state index in [4.69, 9.17) is 4.74 Å². The average molecular weight is 393 g/mol. The van der Waals surface area contributed by atoms with Crippen LogP contribution in [0.3, 0.4) is 0 Å². The molecule has 28 heavy (non-hydrogen) atoms. The zero-order valence-corrected chi connectivity index (χ0v) is 15.7. The Bertz CT molecular complexity index is 837. The smallest absolute Gasteiger partial charge is 0.416 e. The van der Waals surface area contributed by atoms with E-state index >= 15 is 0 Å². The molecule has 8 heteroatoms. The third-order valence-corrected chi connectivity index (χ3v) is 4.75. The normalized spacial score (nSPS) is 15.0. The highest BCUT2D eigenvalue weighted by molar-refractivity contribution is 5.75. The maximum absolute atomic E-state index is 13.3. The summed E-state index contributed by atoms with van der Waals surface area (Å²) in [6, 6.07) is 6.28. The Morgan fingerprint density at radius 1 is 1.32 bits per heavy atom. The van der Waals surface area contributed by atoms with E-state index < -0.39 is 17.8 Å². The second-order valence-corrected chi connectivity index (χ2v) is 6.80. The Hall–Kier alpha value is -2.77. The average Bonchev–Trinajstić information content (AvgIpc) is 3.50. The third kappa shape index (κ3) is 4.55. The Morgan fingerprint density at radius 2 is 2.04 bits per heavy atom. The van der Waals surface area contributed by atoms with Gasteiger partial charge in [-0.3, -0.25) is 4.98 Å². The van der Waals surface area contributed by atoms with E-state index in [1.807, 2.05) is 0 Å². The number of nitrogens with zero attached hydrogens (tertiary/aromatic N) is 2. The van der Waals surface area contributed by atoms with Gasteiger partial charge in [0.25, 0.3) is 0 Å². The zero-order valence-electron chi connectivity index (χ0n) is 15.7. The number of methoxy groups -OCH3 is 1. The largest absolute Gasteiger partial charge is 0.495 e. The van der Waals surface area contributed by atoms with Crippen molar-refractivity contribution in [3.8, 4) is 5.75 Å². The number of amides is 2. The molecule has 3 rings (SSSR count). The van der Waals surface area contributed by atoms with E-state index in [1.54, 1.807) is 31.5 Å². The van der Waals surface area contributed by atoms with Crippen molar-refractivity contribution in [3.63, 3.8) is 0 Å². The van der Waals surface area contributed by atoms with Gasteiger partial charge in [-0.25, -0.2) is 4.79 Å². The number of hydrogen-bond acceptors (Lipinski definition) is 3. The van der Waals surface area contributed by atoms with Gasteiger partial charge in [0.05, 0.1) is 24.9 Å². The van der Waals surface area contributed by atoms with Crippen molar-refractivity contribution < 1.29 is 22.7 Å². The zero-order chi connectivity index (χ0) is 20.3. The second kappa shape index (κ2) is 8.08. The van der Waals surface area contributed by atoms with Gasteiger partial charge in [0, 0.05) is 24.3 Å². The van der Waals surface area contributed by atoms with Gasteiger partial charge < -0.3 is 15.0 Å². The number of nitrogens with one attached hydrogen (secondary N) is 1. The molecular formula is C20H22F3N3O2. The molecular weight excluding hydrogens is 371 g/mol. The van der Waals surface area contributed by atoms with Crippen LogP contribution >= 0.6 is 0 Å². The minimum absolute atomic E-state index is 0.0483. The molecule has 0 bridgehead atoms. The van der Waals surface area contributed by atoms with Crippen LogP contribution in [0.15, 0.2) is 42.7 Å². The molecule has 2 amide bonds. The first kappa shape index (κ1) is 20.0. The highest BCUT2D eigenvalue weighted by Crippen LogP contribution is 2.35. The van der Waals surface area contributed by atoms with Crippen molar-refractivity contribution in [3.05, 3.63) is 59.4 Å². The van der Waals surface area contributed by atoms with Gasteiger partial charge in [-0.05, 0) is 37.5 Å². The van der Waals surface area contributed by atoms with Gasteiger partial charge >= 0.3 is 12.2 Å². The van der Waals surface area contributed by atoms with E-state index in [9.17, 15) is 18.0 Å². The molecule has 1 N–H and O–H groups in total. The Kier molecular flexibility index (Phi) is 5.76. The molecule has 1 aromatic carbocycles. The molecule has 1 atom stereocenters. The highest BCUT2D eigenvalue weighted by Gasteiger charge is 2.37. The lowest BCUT2D eigenvalue weighted by atomic mass is 10.1. The molecule has 0 aliphatic heterocycles. The number of aromatic nitrogens is 1. The van der Waals surface area contributed by atoms with Crippen LogP contribution in [-0.4, -0.2) is 29.1 Å². The van der Waals surface area contributed by atoms with E-state index in [2.05, 4.69) is 10.3 Å². The summed E-state index contributed by atoms with van der Waals surface area (Å²) in [7, 11) is 1.51.